The van der Waals surface area contributed by atoms with Crippen molar-refractivity contribution in [1.82, 2.24) is 0 Å². The van der Waals surface area contributed by atoms with Crippen LogP contribution in [0.3, 0.4) is 0 Å². The Labute approximate surface area is 502 Å². The Morgan fingerprint density at radius 1 is 0.186 bits per heavy atom. The normalized spacial score (nSPS) is 12.8. The van der Waals surface area contributed by atoms with Crippen LogP contribution >= 0.6 is 0 Å². The molecule has 0 aliphatic heterocycles. The Kier molecular flexibility index (Phi) is 14.8. The smallest absolute Gasteiger partial charge is 0.195 e. The van der Waals surface area contributed by atoms with Gasteiger partial charge in [0, 0.05) is 78.0 Å². The minimum atomic E-state index is -0.0558. The molecule has 2 aliphatic carbocycles. The molecule has 0 amide bonds. The fraction of sp³-hybridized carbons (Fsp3) is 0. The number of terminal acetylenes is 2. The summed E-state index contributed by atoms with van der Waals surface area (Å²) in [6, 6.07) is 97.1. The summed E-state index contributed by atoms with van der Waals surface area (Å²) in [5, 5.41) is 0. The van der Waals surface area contributed by atoms with Gasteiger partial charge in [0.25, 0.3) is 0 Å². The summed E-state index contributed by atoms with van der Waals surface area (Å²) in [6.07, 6.45) is 11.6. The number of hydrogen-bond donors (Lipinski definition) is 0. The number of carbonyl (C=O) groups is 2. The monoisotopic (exact) mass is 1090 g/mol. The molecule has 0 bridgehead atoms. The highest BCUT2D eigenvalue weighted by Gasteiger charge is 2.37. The van der Waals surface area contributed by atoms with E-state index in [0.29, 0.717) is 22.3 Å². The van der Waals surface area contributed by atoms with Crippen LogP contribution in [0, 0.1) is 48.4 Å². The molecule has 13 rings (SSSR count). The SMILES string of the molecule is C#Cc1ccc(C2=C(c3ccc(C#Cc4ccccc4)cc3)C(c3ccc(-c4cccc(-c5ccc(C6=C(c7ccccc7)C(=O)C(c7ccc(C#C)cc7)=C6c6ccc(C#Cc7ccccc7)cc6)cc5)c4)cc3)=C(c3ccccc3)C2=O)cc1. The molecule has 0 atom stereocenters. The molecule has 11 aromatic rings. The van der Waals surface area contributed by atoms with Crippen molar-refractivity contribution in [3.63, 3.8) is 0 Å². The maximum Gasteiger partial charge on any atom is 0.195 e. The van der Waals surface area contributed by atoms with Crippen LogP contribution in [0.2, 0.25) is 0 Å². The van der Waals surface area contributed by atoms with E-state index in [4.69, 9.17) is 12.8 Å². The van der Waals surface area contributed by atoms with Crippen molar-refractivity contribution in [2.45, 2.75) is 0 Å². The Morgan fingerprint density at radius 3 is 0.686 bits per heavy atom. The lowest BCUT2D eigenvalue weighted by molar-refractivity contribution is -0.109. The zero-order valence-corrected chi connectivity index (χ0v) is 46.7. The third-order valence-corrected chi connectivity index (χ3v) is 15.7. The number of carbonyl (C=O) groups excluding carboxylic acids is 2. The molecule has 0 unspecified atom stereocenters. The van der Waals surface area contributed by atoms with E-state index < -0.39 is 0 Å². The first kappa shape index (κ1) is 53.3. The molecule has 0 radical (unpaired) electrons. The first-order valence-corrected chi connectivity index (χ1v) is 28.4. The molecule has 0 spiro atoms. The van der Waals surface area contributed by atoms with Gasteiger partial charge in [0.15, 0.2) is 11.6 Å². The zero-order valence-electron chi connectivity index (χ0n) is 46.7. The molecule has 0 heterocycles. The van der Waals surface area contributed by atoms with E-state index in [1.807, 2.05) is 194 Å². The number of ketones is 2. The van der Waals surface area contributed by atoms with Gasteiger partial charge in [-0.3, -0.25) is 9.59 Å². The number of rotatable bonds is 10. The Hall–Kier alpha value is -12.0. The summed E-state index contributed by atoms with van der Waals surface area (Å²) in [6.45, 7) is 0. The van der Waals surface area contributed by atoms with E-state index in [0.717, 1.165) is 122 Å². The van der Waals surface area contributed by atoms with Crippen LogP contribution in [0.4, 0.5) is 0 Å². The van der Waals surface area contributed by atoms with Gasteiger partial charge in [0.2, 0.25) is 0 Å². The van der Waals surface area contributed by atoms with Crippen molar-refractivity contribution in [3.8, 4) is 70.6 Å². The van der Waals surface area contributed by atoms with Gasteiger partial charge >= 0.3 is 0 Å². The van der Waals surface area contributed by atoms with Crippen molar-refractivity contribution >= 4 is 56.2 Å². The van der Waals surface area contributed by atoms with Crippen molar-refractivity contribution in [3.05, 3.63) is 369 Å². The molecule has 0 saturated heterocycles. The highest BCUT2D eigenvalue weighted by atomic mass is 16.1. The topological polar surface area (TPSA) is 34.1 Å². The summed E-state index contributed by atoms with van der Waals surface area (Å²) in [5.74, 6) is 18.5. The summed E-state index contributed by atoms with van der Waals surface area (Å²) >= 11 is 0. The Balaban J connectivity index is 0.867. The van der Waals surface area contributed by atoms with E-state index >= 15 is 9.59 Å². The van der Waals surface area contributed by atoms with Crippen molar-refractivity contribution in [2.24, 2.45) is 0 Å². The minimum Gasteiger partial charge on any atom is -0.289 e. The fourth-order valence-electron chi connectivity index (χ4n) is 11.4. The van der Waals surface area contributed by atoms with Crippen LogP contribution in [0.25, 0.3) is 66.8 Å². The van der Waals surface area contributed by atoms with Crippen molar-refractivity contribution < 1.29 is 9.59 Å². The molecular formula is C84H50O2. The molecule has 0 aromatic heterocycles. The molecule has 2 nitrogen and oxygen atoms in total. The second kappa shape index (κ2) is 23.8. The molecule has 86 heavy (non-hydrogen) atoms. The van der Waals surface area contributed by atoms with Gasteiger partial charge in [0.05, 0.1) is 0 Å². The average Bonchev–Trinajstić information content (AvgIpc) is 2.99. The van der Waals surface area contributed by atoms with Crippen LogP contribution < -0.4 is 0 Å². The molecule has 0 saturated carbocycles. The second-order valence-corrected chi connectivity index (χ2v) is 21.0. The highest BCUT2D eigenvalue weighted by Crippen LogP contribution is 2.52. The third-order valence-electron chi connectivity index (χ3n) is 15.7. The average molecular weight is 1090 g/mol. The number of hydrogen-bond acceptors (Lipinski definition) is 2. The van der Waals surface area contributed by atoms with Gasteiger partial charge in [-0.15, -0.1) is 12.8 Å². The highest BCUT2D eigenvalue weighted by molar-refractivity contribution is 6.60. The van der Waals surface area contributed by atoms with E-state index in [-0.39, 0.29) is 11.6 Å². The minimum absolute atomic E-state index is 0.0558. The Bertz CT molecular complexity index is 4480. The summed E-state index contributed by atoms with van der Waals surface area (Å²) < 4.78 is 0. The van der Waals surface area contributed by atoms with E-state index in [1.165, 1.54) is 0 Å². The largest absolute Gasteiger partial charge is 0.289 e. The van der Waals surface area contributed by atoms with Gasteiger partial charge < -0.3 is 0 Å². The van der Waals surface area contributed by atoms with Gasteiger partial charge in [-0.2, -0.15) is 0 Å². The molecule has 11 aromatic carbocycles. The molecule has 2 aliphatic rings. The summed E-state index contributed by atoms with van der Waals surface area (Å²) in [7, 11) is 0. The van der Waals surface area contributed by atoms with Crippen LogP contribution in [-0.4, -0.2) is 11.6 Å². The van der Waals surface area contributed by atoms with Gasteiger partial charge in [-0.05, 0) is 146 Å². The van der Waals surface area contributed by atoms with Gasteiger partial charge in [-0.1, -0.05) is 248 Å². The quantitative estimate of drug-likeness (QED) is 0.128. The third kappa shape index (κ3) is 10.7. The summed E-state index contributed by atoms with van der Waals surface area (Å²) in [4.78, 5) is 30.5. The van der Waals surface area contributed by atoms with E-state index in [9.17, 15) is 0 Å². The maximum atomic E-state index is 15.2. The lowest BCUT2D eigenvalue weighted by atomic mass is 9.87. The second-order valence-electron chi connectivity index (χ2n) is 21.0. The van der Waals surface area contributed by atoms with Gasteiger partial charge in [-0.25, -0.2) is 0 Å². The van der Waals surface area contributed by atoms with E-state index in [2.05, 4.69) is 133 Å². The number of allylic oxidation sites excluding steroid dienone is 8. The molecule has 0 fully saturated rings. The summed E-state index contributed by atoms with van der Waals surface area (Å²) in [5.41, 5.74) is 22.0. The van der Waals surface area contributed by atoms with Crippen LogP contribution in [0.15, 0.2) is 291 Å². The molecule has 2 heteroatoms. The van der Waals surface area contributed by atoms with Crippen molar-refractivity contribution in [1.29, 1.82) is 0 Å². The standard InChI is InChI=1S/C84H50O2/c1-3-57-32-40-71(41-33-57)81-75(67-44-36-61(37-45-67)30-28-59-18-9-5-10-19-59)77(79(83(81)85)65-22-13-7-14-23-65)69-52-48-63(49-53-69)73-26-17-27-74(56-73)64-50-54-70(55-51-64)78-76(68-46-38-62(39-47-68)31-29-60-20-11-6-12-21-60)82(72-42-34-58(4-2)35-43-72)84(86)80(78)66-24-15-8-16-25-66/h1-2,5-27,32-56H. The number of Topliss-reactive ketones (excluding diaryl/α,β-unsaturated/α-hetero) is 2. The fourth-order valence-corrected chi connectivity index (χ4v) is 11.4. The number of benzene rings is 11. The predicted molar refractivity (Wildman–Crippen MR) is 354 cm³/mol. The van der Waals surface area contributed by atoms with Crippen LogP contribution in [-0.2, 0) is 9.59 Å². The molecule has 398 valence electrons. The lowest BCUT2D eigenvalue weighted by Crippen LogP contribution is -2.02. The lowest BCUT2D eigenvalue weighted by Gasteiger charge is -2.15. The Morgan fingerprint density at radius 2 is 0.395 bits per heavy atom. The van der Waals surface area contributed by atoms with Gasteiger partial charge in [0.1, 0.15) is 0 Å². The first-order valence-electron chi connectivity index (χ1n) is 28.4. The van der Waals surface area contributed by atoms with E-state index in [1.54, 1.807) is 0 Å². The molecular weight excluding hydrogens is 1040 g/mol. The van der Waals surface area contributed by atoms with Crippen molar-refractivity contribution in [2.75, 3.05) is 0 Å². The first-order chi connectivity index (χ1) is 42.4. The maximum absolute atomic E-state index is 15.2. The van der Waals surface area contributed by atoms with Crippen LogP contribution in [0.1, 0.15) is 77.9 Å². The zero-order chi connectivity index (χ0) is 58.3. The predicted octanol–water partition coefficient (Wildman–Crippen LogP) is 18.0. The molecule has 0 N–H and O–H groups in total. The van der Waals surface area contributed by atoms with Crippen LogP contribution in [0.5, 0.6) is 0 Å².